The summed E-state index contributed by atoms with van der Waals surface area (Å²) in [6.07, 6.45) is 1.86. The van der Waals surface area contributed by atoms with Crippen molar-refractivity contribution in [3.63, 3.8) is 0 Å². The lowest BCUT2D eigenvalue weighted by atomic mass is 9.94. The fraction of sp³-hybridized carbons (Fsp3) is 0.900. The SMILES string of the molecule is CC1(C)OCC(CC[C@H]2NC(=O)[C@H]2N)O1. The predicted octanol–water partition coefficient (Wildman–Crippen LogP) is -0.256. The van der Waals surface area contributed by atoms with Crippen LogP contribution in [0.1, 0.15) is 26.7 Å². The van der Waals surface area contributed by atoms with Gasteiger partial charge in [-0.25, -0.2) is 0 Å². The van der Waals surface area contributed by atoms with Gasteiger partial charge in [-0.15, -0.1) is 0 Å². The van der Waals surface area contributed by atoms with Crippen molar-refractivity contribution in [1.82, 2.24) is 5.32 Å². The molecular formula is C10H18N2O3. The first-order valence-electron chi connectivity index (χ1n) is 5.36. The Labute approximate surface area is 89.3 Å². The molecule has 1 amide bonds. The first-order valence-corrected chi connectivity index (χ1v) is 5.36. The molecule has 2 fully saturated rings. The smallest absolute Gasteiger partial charge is 0.239 e. The van der Waals surface area contributed by atoms with E-state index in [4.69, 9.17) is 15.2 Å². The molecule has 0 radical (unpaired) electrons. The summed E-state index contributed by atoms with van der Waals surface area (Å²) in [6.45, 7) is 4.44. The summed E-state index contributed by atoms with van der Waals surface area (Å²) >= 11 is 0. The maximum Gasteiger partial charge on any atom is 0.239 e. The number of nitrogens with two attached hydrogens (primary N) is 1. The van der Waals surface area contributed by atoms with Crippen LogP contribution in [0.2, 0.25) is 0 Å². The van der Waals surface area contributed by atoms with Crippen LogP contribution < -0.4 is 11.1 Å². The van der Waals surface area contributed by atoms with E-state index in [-0.39, 0.29) is 24.1 Å². The average molecular weight is 214 g/mol. The Morgan fingerprint density at radius 3 is 2.73 bits per heavy atom. The summed E-state index contributed by atoms with van der Waals surface area (Å²) in [5.41, 5.74) is 5.62. The Kier molecular flexibility index (Phi) is 2.70. The van der Waals surface area contributed by atoms with Crippen molar-refractivity contribution in [1.29, 1.82) is 0 Å². The largest absolute Gasteiger partial charge is 0.350 e. The second kappa shape index (κ2) is 3.73. The van der Waals surface area contributed by atoms with Gasteiger partial charge in [-0.3, -0.25) is 4.79 Å². The highest BCUT2D eigenvalue weighted by atomic mass is 16.7. The van der Waals surface area contributed by atoms with Gasteiger partial charge in [0.25, 0.3) is 0 Å². The third-order valence-electron chi connectivity index (χ3n) is 2.93. The third-order valence-corrected chi connectivity index (χ3v) is 2.93. The minimum absolute atomic E-state index is 0.0519. The molecule has 2 saturated heterocycles. The van der Waals surface area contributed by atoms with Crippen LogP contribution in [0.25, 0.3) is 0 Å². The van der Waals surface area contributed by atoms with Crippen molar-refractivity contribution in [2.45, 2.75) is 50.7 Å². The highest BCUT2D eigenvalue weighted by Gasteiger charge is 2.38. The second-order valence-electron chi connectivity index (χ2n) is 4.67. The fourth-order valence-corrected chi connectivity index (χ4v) is 1.98. The number of hydrogen-bond donors (Lipinski definition) is 2. The van der Waals surface area contributed by atoms with Gasteiger partial charge in [0.05, 0.1) is 18.8 Å². The molecular weight excluding hydrogens is 196 g/mol. The number of hydrogen-bond acceptors (Lipinski definition) is 4. The molecule has 86 valence electrons. The van der Waals surface area contributed by atoms with Crippen LogP contribution in [0.5, 0.6) is 0 Å². The quantitative estimate of drug-likeness (QED) is 0.635. The molecule has 0 aromatic heterocycles. The Morgan fingerprint density at radius 2 is 2.27 bits per heavy atom. The Morgan fingerprint density at radius 1 is 1.53 bits per heavy atom. The van der Waals surface area contributed by atoms with E-state index in [9.17, 15) is 4.79 Å². The maximum atomic E-state index is 10.8. The van der Waals surface area contributed by atoms with E-state index in [0.29, 0.717) is 6.61 Å². The third kappa shape index (κ3) is 2.30. The zero-order valence-electron chi connectivity index (χ0n) is 9.16. The van der Waals surface area contributed by atoms with Gasteiger partial charge in [0, 0.05) is 0 Å². The molecule has 2 heterocycles. The topological polar surface area (TPSA) is 73.6 Å². The fourth-order valence-electron chi connectivity index (χ4n) is 1.98. The van der Waals surface area contributed by atoms with E-state index >= 15 is 0 Å². The number of ether oxygens (including phenoxy) is 2. The maximum absolute atomic E-state index is 10.8. The van der Waals surface area contributed by atoms with Crippen LogP contribution in [-0.2, 0) is 14.3 Å². The standard InChI is InChI=1S/C10H18N2O3/c1-10(2)14-5-6(15-10)3-4-7-8(11)9(13)12-7/h6-8H,3-5,11H2,1-2H3,(H,12,13)/t6?,7-,8+/m1/s1. The van der Waals surface area contributed by atoms with Crippen LogP contribution in [0, 0.1) is 0 Å². The van der Waals surface area contributed by atoms with Crippen molar-refractivity contribution in [3.05, 3.63) is 0 Å². The number of carbonyl (C=O) groups is 1. The molecule has 1 unspecified atom stereocenters. The molecule has 3 atom stereocenters. The molecule has 0 spiro atoms. The first-order chi connectivity index (χ1) is 6.98. The molecule has 3 N–H and O–H groups in total. The summed E-state index contributed by atoms with van der Waals surface area (Å²) in [7, 11) is 0. The van der Waals surface area contributed by atoms with E-state index in [1.165, 1.54) is 0 Å². The molecule has 0 aromatic rings. The normalized spacial score (nSPS) is 38.6. The van der Waals surface area contributed by atoms with Gasteiger partial charge in [-0.05, 0) is 26.7 Å². The lowest BCUT2D eigenvalue weighted by Gasteiger charge is -2.34. The van der Waals surface area contributed by atoms with Gasteiger partial charge in [-0.1, -0.05) is 0 Å². The van der Waals surface area contributed by atoms with Crippen LogP contribution in [0.15, 0.2) is 0 Å². The number of amides is 1. The molecule has 2 rings (SSSR count). The lowest BCUT2D eigenvalue weighted by molar-refractivity contribution is -0.140. The summed E-state index contributed by atoms with van der Waals surface area (Å²) in [5.74, 6) is -0.515. The summed E-state index contributed by atoms with van der Waals surface area (Å²) in [4.78, 5) is 10.8. The van der Waals surface area contributed by atoms with Gasteiger partial charge in [0.1, 0.15) is 6.04 Å². The van der Waals surface area contributed by atoms with Crippen molar-refractivity contribution < 1.29 is 14.3 Å². The number of carbonyl (C=O) groups excluding carboxylic acids is 1. The Hall–Kier alpha value is -0.650. The van der Waals surface area contributed by atoms with Crippen molar-refractivity contribution in [2.75, 3.05) is 6.61 Å². The van der Waals surface area contributed by atoms with Gasteiger partial charge >= 0.3 is 0 Å². The number of nitrogens with one attached hydrogen (secondary N) is 1. The van der Waals surface area contributed by atoms with Crippen molar-refractivity contribution in [3.8, 4) is 0 Å². The minimum atomic E-state index is -0.463. The highest BCUT2D eigenvalue weighted by molar-refractivity contribution is 5.88. The summed E-state index contributed by atoms with van der Waals surface area (Å²) in [5, 5.41) is 2.78. The summed E-state index contributed by atoms with van der Waals surface area (Å²) in [6, 6.07) is -0.217. The average Bonchev–Trinajstić information content (AvgIpc) is 2.52. The van der Waals surface area contributed by atoms with Gasteiger partial charge in [0.15, 0.2) is 5.79 Å². The van der Waals surface area contributed by atoms with Gasteiger partial charge in [0.2, 0.25) is 5.91 Å². The molecule has 0 saturated carbocycles. The van der Waals surface area contributed by atoms with Crippen molar-refractivity contribution in [2.24, 2.45) is 5.73 Å². The zero-order valence-corrected chi connectivity index (χ0v) is 9.16. The summed E-state index contributed by atoms with van der Waals surface area (Å²) < 4.78 is 11.1. The van der Waals surface area contributed by atoms with E-state index < -0.39 is 5.79 Å². The van der Waals surface area contributed by atoms with Gasteiger partial charge < -0.3 is 20.5 Å². The predicted molar refractivity (Wildman–Crippen MR) is 54.0 cm³/mol. The molecule has 5 heteroatoms. The lowest BCUT2D eigenvalue weighted by Crippen LogP contribution is -2.66. The molecule has 0 bridgehead atoms. The molecule has 2 aliphatic heterocycles. The van der Waals surface area contributed by atoms with E-state index in [1.54, 1.807) is 0 Å². The van der Waals surface area contributed by atoms with E-state index in [1.807, 2.05) is 13.8 Å². The minimum Gasteiger partial charge on any atom is -0.350 e. The van der Waals surface area contributed by atoms with Crippen LogP contribution in [0.4, 0.5) is 0 Å². The van der Waals surface area contributed by atoms with Crippen LogP contribution in [-0.4, -0.2) is 36.5 Å². The van der Waals surface area contributed by atoms with E-state index in [0.717, 1.165) is 12.8 Å². The second-order valence-corrected chi connectivity index (χ2v) is 4.67. The zero-order chi connectivity index (χ0) is 11.1. The molecule has 5 nitrogen and oxygen atoms in total. The number of rotatable bonds is 3. The van der Waals surface area contributed by atoms with Crippen LogP contribution in [0.3, 0.4) is 0 Å². The molecule has 0 aliphatic carbocycles. The van der Waals surface area contributed by atoms with E-state index in [2.05, 4.69) is 5.32 Å². The van der Waals surface area contributed by atoms with Gasteiger partial charge in [-0.2, -0.15) is 0 Å². The Bertz CT molecular complexity index is 267. The Balaban J connectivity index is 1.69. The molecule has 0 aromatic carbocycles. The first kappa shape index (κ1) is 10.9. The van der Waals surface area contributed by atoms with Crippen LogP contribution >= 0.6 is 0 Å². The van der Waals surface area contributed by atoms with Crippen molar-refractivity contribution >= 4 is 5.91 Å². The highest BCUT2D eigenvalue weighted by Crippen LogP contribution is 2.25. The molecule has 2 aliphatic rings. The number of β-lactam (4-membered cyclic amide) rings is 1. The molecule has 15 heavy (non-hydrogen) atoms. The monoisotopic (exact) mass is 214 g/mol.